The molecule has 6 nitrogen and oxygen atoms in total. The summed E-state index contributed by atoms with van der Waals surface area (Å²) in [5.74, 6) is -0.0542. The molecular weight excluding hydrogens is 280 g/mol. The summed E-state index contributed by atoms with van der Waals surface area (Å²) in [5.41, 5.74) is 1.82. The number of nitrogens with zero attached hydrogens (tertiary/aromatic N) is 2. The number of para-hydroxylation sites is 1. The third kappa shape index (κ3) is 3.35. The molecule has 1 aromatic heterocycles. The van der Waals surface area contributed by atoms with Gasteiger partial charge in [0, 0.05) is 12.7 Å². The van der Waals surface area contributed by atoms with Crippen LogP contribution >= 0.6 is 0 Å². The Balaban J connectivity index is 1.58. The maximum Gasteiger partial charge on any atom is 0.240 e. The van der Waals surface area contributed by atoms with E-state index in [2.05, 4.69) is 15.7 Å². The molecule has 1 amide bonds. The Kier molecular flexibility index (Phi) is 4.50. The minimum Gasteiger partial charge on any atom is -0.375 e. The van der Waals surface area contributed by atoms with E-state index in [-0.39, 0.29) is 18.1 Å². The van der Waals surface area contributed by atoms with Crippen LogP contribution in [0.25, 0.3) is 5.69 Å². The van der Waals surface area contributed by atoms with E-state index < -0.39 is 0 Å². The lowest BCUT2D eigenvalue weighted by Gasteiger charge is -2.29. The van der Waals surface area contributed by atoms with Crippen LogP contribution in [-0.4, -0.2) is 41.0 Å². The molecule has 3 rings (SSSR count). The SMILES string of the molecule is C[C@H]1OCCN[C@@H]1C(=O)NCc1ccn(-c2ccccc2)n1. The lowest BCUT2D eigenvalue weighted by atomic mass is 10.1. The first-order valence-electron chi connectivity index (χ1n) is 7.47. The highest BCUT2D eigenvalue weighted by atomic mass is 16.5. The molecule has 1 fully saturated rings. The molecule has 0 aliphatic carbocycles. The molecular formula is C16H20N4O2. The molecule has 0 radical (unpaired) electrons. The van der Waals surface area contributed by atoms with Gasteiger partial charge in [-0.3, -0.25) is 4.79 Å². The highest BCUT2D eigenvalue weighted by Crippen LogP contribution is 2.07. The molecule has 22 heavy (non-hydrogen) atoms. The van der Waals surface area contributed by atoms with Crippen molar-refractivity contribution in [2.75, 3.05) is 13.2 Å². The first-order valence-corrected chi connectivity index (χ1v) is 7.47. The van der Waals surface area contributed by atoms with Gasteiger partial charge >= 0.3 is 0 Å². The lowest BCUT2D eigenvalue weighted by Crippen LogP contribution is -2.55. The molecule has 0 spiro atoms. The minimum absolute atomic E-state index is 0.0542. The summed E-state index contributed by atoms with van der Waals surface area (Å²) in [6.45, 7) is 3.65. The number of amides is 1. The topological polar surface area (TPSA) is 68.2 Å². The van der Waals surface area contributed by atoms with Crippen LogP contribution in [0.3, 0.4) is 0 Å². The summed E-state index contributed by atoms with van der Waals surface area (Å²) in [7, 11) is 0. The lowest BCUT2D eigenvalue weighted by molar-refractivity contribution is -0.129. The molecule has 1 aromatic carbocycles. The fourth-order valence-electron chi connectivity index (χ4n) is 2.50. The predicted molar refractivity (Wildman–Crippen MR) is 82.6 cm³/mol. The zero-order chi connectivity index (χ0) is 15.4. The van der Waals surface area contributed by atoms with Gasteiger partial charge in [0.15, 0.2) is 0 Å². The Bertz CT molecular complexity index is 626. The molecule has 116 valence electrons. The van der Waals surface area contributed by atoms with Crippen molar-refractivity contribution in [1.82, 2.24) is 20.4 Å². The van der Waals surface area contributed by atoms with Crippen molar-refractivity contribution >= 4 is 5.91 Å². The number of aromatic nitrogens is 2. The molecule has 2 aromatic rings. The van der Waals surface area contributed by atoms with E-state index in [4.69, 9.17) is 4.74 Å². The van der Waals surface area contributed by atoms with Gasteiger partial charge in [0.05, 0.1) is 30.6 Å². The average molecular weight is 300 g/mol. The fraction of sp³-hybridized carbons (Fsp3) is 0.375. The number of ether oxygens (including phenoxy) is 1. The van der Waals surface area contributed by atoms with Crippen molar-refractivity contribution in [1.29, 1.82) is 0 Å². The number of morpholine rings is 1. The largest absolute Gasteiger partial charge is 0.375 e. The van der Waals surface area contributed by atoms with E-state index in [0.29, 0.717) is 19.7 Å². The molecule has 0 saturated carbocycles. The molecule has 2 atom stereocenters. The minimum atomic E-state index is -0.301. The standard InChI is InChI=1S/C16H20N4O2/c1-12-15(17-8-10-22-12)16(21)18-11-13-7-9-20(19-13)14-5-3-2-4-6-14/h2-7,9,12,15,17H,8,10-11H2,1H3,(H,18,21)/t12-,15+/m1/s1. The first-order chi connectivity index (χ1) is 10.7. The summed E-state index contributed by atoms with van der Waals surface area (Å²) in [5, 5.41) is 10.5. The Labute approximate surface area is 129 Å². The molecule has 2 heterocycles. The quantitative estimate of drug-likeness (QED) is 0.879. The van der Waals surface area contributed by atoms with Crippen molar-refractivity contribution in [3.63, 3.8) is 0 Å². The summed E-state index contributed by atoms with van der Waals surface area (Å²) in [6, 6.07) is 11.5. The second-order valence-electron chi connectivity index (χ2n) is 5.31. The maximum atomic E-state index is 12.2. The van der Waals surface area contributed by atoms with Crippen molar-refractivity contribution in [3.05, 3.63) is 48.3 Å². The van der Waals surface area contributed by atoms with Gasteiger partial charge in [0.2, 0.25) is 5.91 Å². The maximum absolute atomic E-state index is 12.2. The number of hydrogen-bond acceptors (Lipinski definition) is 4. The third-order valence-electron chi connectivity index (χ3n) is 3.71. The van der Waals surface area contributed by atoms with Gasteiger partial charge in [-0.1, -0.05) is 18.2 Å². The van der Waals surface area contributed by atoms with Crippen molar-refractivity contribution < 1.29 is 9.53 Å². The second kappa shape index (κ2) is 6.72. The Hall–Kier alpha value is -2.18. The van der Waals surface area contributed by atoms with E-state index in [1.54, 1.807) is 4.68 Å². The Morgan fingerprint density at radius 2 is 2.23 bits per heavy atom. The molecule has 1 aliphatic rings. The average Bonchev–Trinajstić information content (AvgIpc) is 3.03. The Morgan fingerprint density at radius 3 is 3.00 bits per heavy atom. The number of rotatable bonds is 4. The summed E-state index contributed by atoms with van der Waals surface area (Å²) >= 11 is 0. The predicted octanol–water partition coefficient (Wildman–Crippen LogP) is 0.865. The summed E-state index contributed by atoms with van der Waals surface area (Å²) in [4.78, 5) is 12.2. The van der Waals surface area contributed by atoms with Crippen LogP contribution in [0.2, 0.25) is 0 Å². The molecule has 0 bridgehead atoms. The van der Waals surface area contributed by atoms with Crippen molar-refractivity contribution in [2.24, 2.45) is 0 Å². The molecule has 0 unspecified atom stereocenters. The monoisotopic (exact) mass is 300 g/mol. The smallest absolute Gasteiger partial charge is 0.240 e. The van der Waals surface area contributed by atoms with Crippen LogP contribution in [0.4, 0.5) is 0 Å². The van der Waals surface area contributed by atoms with Crippen molar-refractivity contribution in [2.45, 2.75) is 25.6 Å². The van der Waals surface area contributed by atoms with Crippen molar-refractivity contribution in [3.8, 4) is 5.69 Å². The highest BCUT2D eigenvalue weighted by Gasteiger charge is 2.27. The van der Waals surface area contributed by atoms with E-state index in [9.17, 15) is 4.79 Å². The molecule has 1 saturated heterocycles. The number of benzene rings is 1. The normalized spacial score (nSPS) is 21.5. The summed E-state index contributed by atoms with van der Waals surface area (Å²) in [6.07, 6.45) is 1.78. The van der Waals surface area contributed by atoms with Crippen LogP contribution in [0.1, 0.15) is 12.6 Å². The third-order valence-corrected chi connectivity index (χ3v) is 3.71. The second-order valence-corrected chi connectivity index (χ2v) is 5.31. The Morgan fingerprint density at radius 1 is 1.41 bits per heavy atom. The molecule has 6 heteroatoms. The van der Waals surface area contributed by atoms with Gasteiger partial charge in [-0.25, -0.2) is 4.68 Å². The van der Waals surface area contributed by atoms with Crippen LogP contribution in [-0.2, 0) is 16.1 Å². The van der Waals surface area contributed by atoms with Crippen LogP contribution < -0.4 is 10.6 Å². The van der Waals surface area contributed by atoms with E-state index in [1.807, 2.05) is 49.5 Å². The number of carbonyl (C=O) groups excluding carboxylic acids is 1. The fourth-order valence-corrected chi connectivity index (χ4v) is 2.50. The van der Waals surface area contributed by atoms with E-state index >= 15 is 0 Å². The van der Waals surface area contributed by atoms with Gasteiger partial charge in [0.1, 0.15) is 6.04 Å². The van der Waals surface area contributed by atoms with Crippen LogP contribution in [0, 0.1) is 0 Å². The number of hydrogen-bond donors (Lipinski definition) is 2. The van der Waals surface area contributed by atoms with Crippen LogP contribution in [0.15, 0.2) is 42.6 Å². The first kappa shape index (κ1) is 14.7. The molecule has 2 N–H and O–H groups in total. The van der Waals surface area contributed by atoms with Gasteiger partial charge in [-0.15, -0.1) is 0 Å². The van der Waals surface area contributed by atoms with Crippen LogP contribution in [0.5, 0.6) is 0 Å². The van der Waals surface area contributed by atoms with E-state index in [1.165, 1.54) is 0 Å². The van der Waals surface area contributed by atoms with Gasteiger partial charge in [0.25, 0.3) is 0 Å². The zero-order valence-corrected chi connectivity index (χ0v) is 12.5. The van der Waals surface area contributed by atoms with Gasteiger partial charge in [-0.05, 0) is 25.1 Å². The molecule has 1 aliphatic heterocycles. The van der Waals surface area contributed by atoms with Gasteiger partial charge < -0.3 is 15.4 Å². The van der Waals surface area contributed by atoms with E-state index in [0.717, 1.165) is 11.4 Å². The summed E-state index contributed by atoms with van der Waals surface area (Å²) < 4.78 is 7.28. The number of carbonyl (C=O) groups is 1. The zero-order valence-electron chi connectivity index (χ0n) is 12.5. The number of nitrogens with one attached hydrogen (secondary N) is 2. The van der Waals surface area contributed by atoms with Gasteiger partial charge in [-0.2, -0.15) is 5.10 Å². The highest BCUT2D eigenvalue weighted by molar-refractivity contribution is 5.82.